The molecule has 2 aromatic rings. The third-order valence-corrected chi connectivity index (χ3v) is 2.94. The summed E-state index contributed by atoms with van der Waals surface area (Å²) in [5, 5.41) is 1.24. The lowest BCUT2D eigenvalue weighted by Crippen LogP contribution is -2.03. The smallest absolute Gasteiger partial charge is 0.305 e. The van der Waals surface area contributed by atoms with Crippen molar-refractivity contribution in [3.8, 4) is 0 Å². The highest BCUT2D eigenvalue weighted by Crippen LogP contribution is 2.17. The van der Waals surface area contributed by atoms with E-state index in [1.54, 1.807) is 0 Å². The first-order valence-electron chi connectivity index (χ1n) is 5.83. The van der Waals surface area contributed by atoms with Gasteiger partial charge in [0, 0.05) is 24.7 Å². The summed E-state index contributed by atoms with van der Waals surface area (Å²) in [7, 11) is 1.43. The topological polar surface area (TPSA) is 31.2 Å². The number of esters is 1. The number of methoxy groups -OCH3 is 1. The Balaban J connectivity index is 2.08. The van der Waals surface area contributed by atoms with E-state index in [1.165, 1.54) is 23.6 Å². The van der Waals surface area contributed by atoms with Crippen LogP contribution in [0.5, 0.6) is 0 Å². The summed E-state index contributed by atoms with van der Waals surface area (Å²) in [5.41, 5.74) is 2.49. The molecule has 0 unspecified atom stereocenters. The zero-order chi connectivity index (χ0) is 12.3. The summed E-state index contributed by atoms with van der Waals surface area (Å²) < 4.78 is 6.81. The van der Waals surface area contributed by atoms with Gasteiger partial charge in [-0.25, -0.2) is 0 Å². The Labute approximate surface area is 101 Å². The number of rotatable bonds is 4. The van der Waals surface area contributed by atoms with Crippen molar-refractivity contribution >= 4 is 16.9 Å². The molecule has 1 aromatic carbocycles. The van der Waals surface area contributed by atoms with Crippen LogP contribution < -0.4 is 0 Å². The summed E-state index contributed by atoms with van der Waals surface area (Å²) in [6.45, 7) is 2.94. The van der Waals surface area contributed by atoms with Crippen molar-refractivity contribution < 1.29 is 9.53 Å². The van der Waals surface area contributed by atoms with E-state index in [4.69, 9.17) is 0 Å². The fraction of sp³-hybridized carbons (Fsp3) is 0.357. The molecule has 17 heavy (non-hydrogen) atoms. The molecule has 0 aliphatic heterocycles. The van der Waals surface area contributed by atoms with Crippen LogP contribution in [0, 0.1) is 6.92 Å². The maximum atomic E-state index is 11.0. The summed E-state index contributed by atoms with van der Waals surface area (Å²) in [6.07, 6.45) is 3.35. The summed E-state index contributed by atoms with van der Waals surface area (Å²) in [5.74, 6) is -0.141. The molecule has 0 saturated heterocycles. The van der Waals surface area contributed by atoms with Gasteiger partial charge in [-0.15, -0.1) is 0 Å². The minimum Gasteiger partial charge on any atom is -0.469 e. The van der Waals surface area contributed by atoms with E-state index in [-0.39, 0.29) is 5.97 Å². The maximum absolute atomic E-state index is 11.0. The van der Waals surface area contributed by atoms with E-state index in [0.717, 1.165) is 13.0 Å². The van der Waals surface area contributed by atoms with Crippen LogP contribution in [0.15, 0.2) is 30.5 Å². The van der Waals surface area contributed by atoms with Gasteiger partial charge in [0.1, 0.15) is 0 Å². The van der Waals surface area contributed by atoms with E-state index in [2.05, 4.69) is 46.7 Å². The first-order chi connectivity index (χ1) is 8.20. The highest BCUT2D eigenvalue weighted by atomic mass is 16.5. The van der Waals surface area contributed by atoms with Crippen LogP contribution in [0.25, 0.3) is 10.9 Å². The highest BCUT2D eigenvalue weighted by Gasteiger charge is 2.03. The van der Waals surface area contributed by atoms with E-state index < -0.39 is 0 Å². The Bertz CT molecular complexity index is 528. The van der Waals surface area contributed by atoms with Gasteiger partial charge in [-0.3, -0.25) is 4.79 Å². The number of fused-ring (bicyclic) bond motifs is 1. The molecule has 0 bridgehead atoms. The molecule has 0 saturated carbocycles. The third kappa shape index (κ3) is 2.67. The fourth-order valence-electron chi connectivity index (χ4n) is 1.98. The minimum atomic E-state index is -0.141. The van der Waals surface area contributed by atoms with Crippen LogP contribution in [-0.2, 0) is 16.1 Å². The Morgan fingerprint density at radius 3 is 2.94 bits per heavy atom. The first kappa shape index (κ1) is 11.7. The van der Waals surface area contributed by atoms with Crippen molar-refractivity contribution in [2.24, 2.45) is 0 Å². The second-order valence-corrected chi connectivity index (χ2v) is 4.25. The Hall–Kier alpha value is -1.77. The molecule has 0 aliphatic carbocycles. The number of carbonyl (C=O) groups is 1. The van der Waals surface area contributed by atoms with Crippen molar-refractivity contribution in [3.05, 3.63) is 36.0 Å². The second kappa shape index (κ2) is 5.04. The molecule has 3 heteroatoms. The molecule has 2 rings (SSSR count). The molecule has 0 amide bonds. The third-order valence-electron chi connectivity index (χ3n) is 2.94. The molecule has 0 spiro atoms. The number of nitrogens with zero attached hydrogens (tertiary/aromatic N) is 1. The zero-order valence-electron chi connectivity index (χ0n) is 10.3. The quantitative estimate of drug-likeness (QED) is 0.758. The van der Waals surface area contributed by atoms with Gasteiger partial charge in [0.25, 0.3) is 0 Å². The first-order valence-corrected chi connectivity index (χ1v) is 5.83. The Morgan fingerprint density at radius 1 is 1.35 bits per heavy atom. The molecule has 1 heterocycles. The molecular weight excluding hydrogens is 214 g/mol. The predicted octanol–water partition coefficient (Wildman–Crippen LogP) is 2.90. The molecule has 1 aromatic heterocycles. The van der Waals surface area contributed by atoms with Crippen LogP contribution in [0.3, 0.4) is 0 Å². The molecule has 90 valence electrons. The molecular formula is C14H17NO2. The Kier molecular flexibility index (Phi) is 3.47. The summed E-state index contributed by atoms with van der Waals surface area (Å²) in [4.78, 5) is 11.0. The second-order valence-electron chi connectivity index (χ2n) is 4.25. The average Bonchev–Trinajstić information content (AvgIpc) is 2.72. The van der Waals surface area contributed by atoms with Crippen LogP contribution in [-0.4, -0.2) is 17.6 Å². The number of aromatic nitrogens is 1. The van der Waals surface area contributed by atoms with Gasteiger partial charge in [0.2, 0.25) is 0 Å². The van der Waals surface area contributed by atoms with Gasteiger partial charge >= 0.3 is 5.97 Å². The molecule has 0 N–H and O–H groups in total. The van der Waals surface area contributed by atoms with Crippen LogP contribution >= 0.6 is 0 Å². The molecule has 0 radical (unpaired) electrons. The maximum Gasteiger partial charge on any atom is 0.305 e. The Morgan fingerprint density at radius 2 is 2.18 bits per heavy atom. The zero-order valence-corrected chi connectivity index (χ0v) is 10.3. The van der Waals surface area contributed by atoms with Crippen LogP contribution in [0.2, 0.25) is 0 Å². The van der Waals surface area contributed by atoms with Gasteiger partial charge in [-0.05, 0) is 36.4 Å². The van der Waals surface area contributed by atoms with Crippen molar-refractivity contribution in [1.29, 1.82) is 0 Å². The van der Waals surface area contributed by atoms with Crippen LogP contribution in [0.4, 0.5) is 0 Å². The van der Waals surface area contributed by atoms with Crippen LogP contribution in [0.1, 0.15) is 18.4 Å². The fourth-order valence-corrected chi connectivity index (χ4v) is 1.98. The SMILES string of the molecule is COC(=O)CCCn1ccc2ccc(C)cc21. The lowest BCUT2D eigenvalue weighted by Gasteiger charge is -2.05. The lowest BCUT2D eigenvalue weighted by atomic mass is 10.2. The van der Waals surface area contributed by atoms with Gasteiger partial charge in [-0.1, -0.05) is 12.1 Å². The van der Waals surface area contributed by atoms with Crippen molar-refractivity contribution in [2.75, 3.05) is 7.11 Å². The van der Waals surface area contributed by atoms with Gasteiger partial charge in [0.05, 0.1) is 7.11 Å². The normalized spacial score (nSPS) is 10.7. The van der Waals surface area contributed by atoms with Crippen molar-refractivity contribution in [3.63, 3.8) is 0 Å². The van der Waals surface area contributed by atoms with Gasteiger partial charge in [-0.2, -0.15) is 0 Å². The van der Waals surface area contributed by atoms with Gasteiger partial charge in [0.15, 0.2) is 0 Å². The molecule has 0 aliphatic rings. The van der Waals surface area contributed by atoms with Crippen molar-refractivity contribution in [1.82, 2.24) is 4.57 Å². The number of aryl methyl sites for hydroxylation is 2. The number of benzene rings is 1. The number of ether oxygens (including phenoxy) is 1. The average molecular weight is 231 g/mol. The van der Waals surface area contributed by atoms with E-state index in [1.807, 2.05) is 0 Å². The monoisotopic (exact) mass is 231 g/mol. The largest absolute Gasteiger partial charge is 0.469 e. The molecule has 3 nitrogen and oxygen atoms in total. The minimum absolute atomic E-state index is 0.141. The van der Waals surface area contributed by atoms with Crippen molar-refractivity contribution in [2.45, 2.75) is 26.3 Å². The number of carbonyl (C=O) groups excluding carboxylic acids is 1. The number of hydrogen-bond donors (Lipinski definition) is 0. The summed E-state index contributed by atoms with van der Waals surface area (Å²) in [6, 6.07) is 8.52. The van der Waals surface area contributed by atoms with E-state index in [9.17, 15) is 4.79 Å². The molecule has 0 fully saturated rings. The van der Waals surface area contributed by atoms with Gasteiger partial charge < -0.3 is 9.30 Å². The standard InChI is InChI=1S/C14H17NO2/c1-11-5-6-12-7-9-15(13(12)10-11)8-3-4-14(16)17-2/h5-7,9-10H,3-4,8H2,1-2H3. The summed E-state index contributed by atoms with van der Waals surface area (Å²) >= 11 is 0. The predicted molar refractivity (Wildman–Crippen MR) is 67.9 cm³/mol. The highest BCUT2D eigenvalue weighted by molar-refractivity contribution is 5.80. The van der Waals surface area contributed by atoms with E-state index >= 15 is 0 Å². The molecule has 0 atom stereocenters. The lowest BCUT2D eigenvalue weighted by molar-refractivity contribution is -0.140. The van der Waals surface area contributed by atoms with E-state index in [0.29, 0.717) is 6.42 Å². The number of hydrogen-bond acceptors (Lipinski definition) is 2.